The molecule has 0 aliphatic heterocycles. The third-order valence-corrected chi connectivity index (χ3v) is 2.59. The van der Waals surface area contributed by atoms with E-state index >= 15 is 0 Å². The number of nitrogen functional groups attached to an aromatic ring is 1. The molecule has 3 N–H and O–H groups in total. The summed E-state index contributed by atoms with van der Waals surface area (Å²) in [6.07, 6.45) is 0. The van der Waals surface area contributed by atoms with Crippen LogP contribution in [0.5, 0.6) is 5.75 Å². The predicted molar refractivity (Wildman–Crippen MR) is 69.2 cm³/mol. The lowest BCUT2D eigenvalue weighted by molar-refractivity contribution is -0.127. The molecule has 1 amide bonds. The first-order valence-electron chi connectivity index (χ1n) is 5.49. The van der Waals surface area contributed by atoms with Crippen LogP contribution in [-0.2, 0) is 4.79 Å². The number of benzene rings is 1. The maximum absolute atomic E-state index is 11.6. The highest BCUT2D eigenvalue weighted by molar-refractivity contribution is 5.82. The van der Waals surface area contributed by atoms with Crippen molar-refractivity contribution in [2.75, 3.05) is 38.3 Å². The molecule has 0 aromatic heterocycles. The van der Waals surface area contributed by atoms with E-state index in [0.717, 1.165) is 0 Å². The standard InChI is InChI=1S/C12H19N3O2/c1-4-15(2)12(16)8-14-11-7-9(17-3)5-6-10(11)13/h5-7,14H,4,8,13H2,1-3H3. The summed E-state index contributed by atoms with van der Waals surface area (Å²) in [6.45, 7) is 2.84. The largest absolute Gasteiger partial charge is 0.497 e. The van der Waals surface area contributed by atoms with Crippen LogP contribution in [0, 0.1) is 0 Å². The number of hydrogen-bond donors (Lipinski definition) is 2. The third-order valence-electron chi connectivity index (χ3n) is 2.59. The van der Waals surface area contributed by atoms with Gasteiger partial charge in [0.25, 0.3) is 0 Å². The van der Waals surface area contributed by atoms with Gasteiger partial charge >= 0.3 is 0 Å². The Balaban J connectivity index is 2.65. The Morgan fingerprint density at radius 1 is 1.53 bits per heavy atom. The third kappa shape index (κ3) is 3.55. The molecule has 0 saturated heterocycles. The van der Waals surface area contributed by atoms with E-state index in [9.17, 15) is 4.79 Å². The van der Waals surface area contributed by atoms with Gasteiger partial charge in [0.05, 0.1) is 25.0 Å². The summed E-state index contributed by atoms with van der Waals surface area (Å²) < 4.78 is 5.09. The fraction of sp³-hybridized carbons (Fsp3) is 0.417. The van der Waals surface area contributed by atoms with Crippen LogP contribution in [0.1, 0.15) is 6.92 Å². The van der Waals surface area contributed by atoms with Gasteiger partial charge in [-0.05, 0) is 19.1 Å². The second-order valence-corrected chi connectivity index (χ2v) is 3.71. The summed E-state index contributed by atoms with van der Waals surface area (Å²) >= 11 is 0. The molecule has 1 rings (SSSR count). The molecule has 1 aromatic rings. The van der Waals surface area contributed by atoms with E-state index in [1.54, 1.807) is 37.3 Å². The molecule has 0 fully saturated rings. The first-order chi connectivity index (χ1) is 8.08. The monoisotopic (exact) mass is 237 g/mol. The van der Waals surface area contributed by atoms with Crippen molar-refractivity contribution < 1.29 is 9.53 Å². The van der Waals surface area contributed by atoms with E-state index in [1.807, 2.05) is 6.92 Å². The van der Waals surface area contributed by atoms with Gasteiger partial charge < -0.3 is 20.7 Å². The molecule has 5 heteroatoms. The SMILES string of the molecule is CCN(C)C(=O)CNc1cc(OC)ccc1N. The number of anilines is 2. The maximum Gasteiger partial charge on any atom is 0.241 e. The van der Waals surface area contributed by atoms with Crippen molar-refractivity contribution in [3.8, 4) is 5.75 Å². The summed E-state index contributed by atoms with van der Waals surface area (Å²) in [6, 6.07) is 5.30. The molecule has 0 unspecified atom stereocenters. The molecule has 17 heavy (non-hydrogen) atoms. The van der Waals surface area contributed by atoms with Crippen LogP contribution in [0.15, 0.2) is 18.2 Å². The molecule has 5 nitrogen and oxygen atoms in total. The second kappa shape index (κ2) is 5.98. The molecule has 0 spiro atoms. The minimum absolute atomic E-state index is 0.0229. The molecule has 0 atom stereocenters. The van der Waals surface area contributed by atoms with Gasteiger partial charge in [0.15, 0.2) is 0 Å². The van der Waals surface area contributed by atoms with E-state index < -0.39 is 0 Å². The van der Waals surface area contributed by atoms with Crippen molar-refractivity contribution in [3.63, 3.8) is 0 Å². The van der Waals surface area contributed by atoms with E-state index in [0.29, 0.717) is 23.7 Å². The number of methoxy groups -OCH3 is 1. The predicted octanol–water partition coefficient (Wildman–Crippen LogP) is 1.17. The highest BCUT2D eigenvalue weighted by Gasteiger charge is 2.07. The van der Waals surface area contributed by atoms with Gasteiger partial charge in [0.2, 0.25) is 5.91 Å². The Morgan fingerprint density at radius 3 is 2.82 bits per heavy atom. The first kappa shape index (κ1) is 13.2. The number of amides is 1. The Bertz CT molecular complexity index is 393. The van der Waals surface area contributed by atoms with Crippen molar-refractivity contribution in [1.29, 1.82) is 0 Å². The first-order valence-corrected chi connectivity index (χ1v) is 5.49. The number of rotatable bonds is 5. The van der Waals surface area contributed by atoms with Gasteiger partial charge in [0, 0.05) is 19.7 Å². The molecule has 94 valence electrons. The summed E-state index contributed by atoms with van der Waals surface area (Å²) in [7, 11) is 3.35. The Kier molecular flexibility index (Phi) is 4.63. The molecule has 0 bridgehead atoms. The molecule has 0 radical (unpaired) electrons. The lowest BCUT2D eigenvalue weighted by Gasteiger charge is -2.16. The van der Waals surface area contributed by atoms with E-state index in [1.165, 1.54) is 0 Å². The Morgan fingerprint density at radius 2 is 2.24 bits per heavy atom. The minimum atomic E-state index is 0.0229. The number of carbonyl (C=O) groups is 1. The van der Waals surface area contributed by atoms with Crippen LogP contribution in [0.25, 0.3) is 0 Å². The zero-order chi connectivity index (χ0) is 12.8. The number of nitrogens with two attached hydrogens (primary N) is 1. The van der Waals surface area contributed by atoms with E-state index in [-0.39, 0.29) is 12.5 Å². The van der Waals surface area contributed by atoms with Crippen molar-refractivity contribution in [2.45, 2.75) is 6.92 Å². The zero-order valence-corrected chi connectivity index (χ0v) is 10.5. The molecular weight excluding hydrogens is 218 g/mol. The highest BCUT2D eigenvalue weighted by atomic mass is 16.5. The van der Waals surface area contributed by atoms with Crippen LogP contribution in [0.2, 0.25) is 0 Å². The fourth-order valence-corrected chi connectivity index (χ4v) is 1.30. The number of nitrogens with one attached hydrogen (secondary N) is 1. The van der Waals surface area contributed by atoms with Crippen LogP contribution >= 0.6 is 0 Å². The van der Waals surface area contributed by atoms with Crippen molar-refractivity contribution in [2.24, 2.45) is 0 Å². The van der Waals surface area contributed by atoms with Gasteiger partial charge in [-0.3, -0.25) is 4.79 Å². The molecule has 0 aliphatic carbocycles. The summed E-state index contributed by atoms with van der Waals surface area (Å²) in [5.41, 5.74) is 7.10. The summed E-state index contributed by atoms with van der Waals surface area (Å²) in [4.78, 5) is 13.2. The molecular formula is C12H19N3O2. The smallest absolute Gasteiger partial charge is 0.241 e. The minimum Gasteiger partial charge on any atom is -0.497 e. The number of likely N-dealkylation sites (N-methyl/N-ethyl adjacent to an activating group) is 1. The summed E-state index contributed by atoms with van der Waals surface area (Å²) in [5.74, 6) is 0.729. The maximum atomic E-state index is 11.6. The molecule has 0 aliphatic rings. The van der Waals surface area contributed by atoms with E-state index in [2.05, 4.69) is 5.32 Å². The van der Waals surface area contributed by atoms with E-state index in [4.69, 9.17) is 10.5 Å². The van der Waals surface area contributed by atoms with Gasteiger partial charge in [-0.15, -0.1) is 0 Å². The zero-order valence-electron chi connectivity index (χ0n) is 10.5. The normalized spacial score (nSPS) is 9.82. The van der Waals surface area contributed by atoms with Crippen molar-refractivity contribution in [3.05, 3.63) is 18.2 Å². The Hall–Kier alpha value is -1.91. The quantitative estimate of drug-likeness (QED) is 0.754. The number of ether oxygens (including phenoxy) is 1. The van der Waals surface area contributed by atoms with Gasteiger partial charge in [-0.2, -0.15) is 0 Å². The highest BCUT2D eigenvalue weighted by Crippen LogP contribution is 2.23. The number of nitrogens with zero attached hydrogens (tertiary/aromatic N) is 1. The van der Waals surface area contributed by atoms with Crippen molar-refractivity contribution in [1.82, 2.24) is 4.90 Å². The molecule has 1 aromatic carbocycles. The molecule has 0 saturated carbocycles. The van der Waals surface area contributed by atoms with Crippen LogP contribution in [-0.4, -0.2) is 38.1 Å². The van der Waals surface area contributed by atoms with Crippen LogP contribution in [0.3, 0.4) is 0 Å². The lowest BCUT2D eigenvalue weighted by atomic mass is 10.2. The molecule has 0 heterocycles. The van der Waals surface area contributed by atoms with Crippen molar-refractivity contribution >= 4 is 17.3 Å². The average molecular weight is 237 g/mol. The van der Waals surface area contributed by atoms with Gasteiger partial charge in [-0.25, -0.2) is 0 Å². The lowest BCUT2D eigenvalue weighted by Crippen LogP contribution is -2.32. The van der Waals surface area contributed by atoms with Crippen LogP contribution < -0.4 is 15.8 Å². The summed E-state index contributed by atoms with van der Waals surface area (Å²) in [5, 5.41) is 3.01. The number of hydrogen-bond acceptors (Lipinski definition) is 4. The Labute approximate surface area is 102 Å². The fourth-order valence-electron chi connectivity index (χ4n) is 1.30. The number of carbonyl (C=O) groups excluding carboxylic acids is 1. The van der Waals surface area contributed by atoms with Gasteiger partial charge in [0.1, 0.15) is 5.75 Å². The second-order valence-electron chi connectivity index (χ2n) is 3.71. The van der Waals surface area contributed by atoms with Crippen LogP contribution in [0.4, 0.5) is 11.4 Å². The average Bonchev–Trinajstić information content (AvgIpc) is 2.36. The topological polar surface area (TPSA) is 67.6 Å². The van der Waals surface area contributed by atoms with Gasteiger partial charge in [-0.1, -0.05) is 0 Å².